The van der Waals surface area contributed by atoms with E-state index in [4.69, 9.17) is 10.5 Å². The van der Waals surface area contributed by atoms with Crippen LogP contribution in [0.2, 0.25) is 0 Å². The molecule has 3 aliphatic rings. The molecule has 3 fully saturated rings. The van der Waals surface area contributed by atoms with Crippen LogP contribution >= 0.6 is 0 Å². The maximum absolute atomic E-state index is 6.20. The van der Waals surface area contributed by atoms with Gasteiger partial charge in [0.1, 0.15) is 0 Å². The van der Waals surface area contributed by atoms with E-state index in [1.807, 2.05) is 0 Å². The molecule has 0 aromatic heterocycles. The summed E-state index contributed by atoms with van der Waals surface area (Å²) in [6.07, 6.45) is 8.41. The van der Waals surface area contributed by atoms with Crippen molar-refractivity contribution in [3.05, 3.63) is 0 Å². The van der Waals surface area contributed by atoms with Gasteiger partial charge in [-0.1, -0.05) is 19.8 Å². The van der Waals surface area contributed by atoms with Crippen molar-refractivity contribution < 1.29 is 4.74 Å². The monoisotopic (exact) mass is 252 g/mol. The zero-order valence-corrected chi connectivity index (χ0v) is 12.0. The number of nitrogens with zero attached hydrogens (tertiary/aromatic N) is 1. The smallest absolute Gasteiger partial charge is 0.0731 e. The van der Waals surface area contributed by atoms with Crippen molar-refractivity contribution in [3.8, 4) is 0 Å². The van der Waals surface area contributed by atoms with E-state index >= 15 is 0 Å². The first-order chi connectivity index (χ1) is 8.61. The van der Waals surface area contributed by atoms with Crippen LogP contribution in [-0.4, -0.2) is 42.3 Å². The van der Waals surface area contributed by atoms with E-state index in [-0.39, 0.29) is 5.54 Å². The summed E-state index contributed by atoms with van der Waals surface area (Å²) >= 11 is 0. The number of rotatable bonds is 3. The lowest BCUT2D eigenvalue weighted by atomic mass is 9.78. The van der Waals surface area contributed by atoms with Crippen molar-refractivity contribution in [2.45, 2.75) is 70.1 Å². The summed E-state index contributed by atoms with van der Waals surface area (Å²) in [5.41, 5.74) is 6.83. The Morgan fingerprint density at radius 1 is 1.33 bits per heavy atom. The van der Waals surface area contributed by atoms with Crippen LogP contribution in [0.5, 0.6) is 0 Å². The van der Waals surface area contributed by atoms with E-state index in [2.05, 4.69) is 18.7 Å². The van der Waals surface area contributed by atoms with Crippen molar-refractivity contribution >= 4 is 0 Å². The first-order valence-corrected chi connectivity index (χ1v) is 7.69. The van der Waals surface area contributed by atoms with E-state index in [1.165, 1.54) is 38.5 Å². The van der Waals surface area contributed by atoms with Gasteiger partial charge in [-0.05, 0) is 38.0 Å². The van der Waals surface area contributed by atoms with E-state index in [0.717, 1.165) is 19.7 Å². The minimum absolute atomic E-state index is 0.178. The number of hydrogen-bond acceptors (Lipinski definition) is 3. The first kappa shape index (κ1) is 12.9. The van der Waals surface area contributed by atoms with Crippen molar-refractivity contribution in [1.82, 2.24) is 4.90 Å². The molecule has 2 N–H and O–H groups in total. The molecule has 3 nitrogen and oxygen atoms in total. The number of hydrogen-bond donors (Lipinski definition) is 1. The van der Waals surface area contributed by atoms with Crippen LogP contribution < -0.4 is 5.73 Å². The average Bonchev–Trinajstić information content (AvgIpc) is 3.17. The second-order valence-corrected chi connectivity index (χ2v) is 6.99. The standard InChI is InChI=1S/C15H28N2O/c1-14(7-8-14)15(2,11-16)17-9-10-18-13-6-4-3-5-12(13)17/h12-13H,3-11,16H2,1-2H3. The topological polar surface area (TPSA) is 38.5 Å². The molecule has 3 heteroatoms. The Morgan fingerprint density at radius 3 is 2.72 bits per heavy atom. The van der Waals surface area contributed by atoms with Gasteiger partial charge >= 0.3 is 0 Å². The van der Waals surface area contributed by atoms with Crippen LogP contribution in [0.25, 0.3) is 0 Å². The molecule has 18 heavy (non-hydrogen) atoms. The van der Waals surface area contributed by atoms with Crippen LogP contribution in [0, 0.1) is 5.41 Å². The van der Waals surface area contributed by atoms with Gasteiger partial charge < -0.3 is 10.5 Å². The zero-order chi connectivity index (χ0) is 12.8. The Bertz CT molecular complexity index is 314. The van der Waals surface area contributed by atoms with Crippen molar-refractivity contribution in [2.75, 3.05) is 19.7 Å². The molecule has 3 atom stereocenters. The van der Waals surface area contributed by atoms with E-state index < -0.39 is 0 Å². The van der Waals surface area contributed by atoms with Gasteiger partial charge in [0.2, 0.25) is 0 Å². The van der Waals surface area contributed by atoms with Crippen molar-refractivity contribution in [1.29, 1.82) is 0 Å². The molecule has 0 amide bonds. The van der Waals surface area contributed by atoms with Crippen LogP contribution in [0.4, 0.5) is 0 Å². The lowest BCUT2D eigenvalue weighted by molar-refractivity contribution is -0.135. The quantitative estimate of drug-likeness (QED) is 0.836. The van der Waals surface area contributed by atoms with E-state index in [9.17, 15) is 0 Å². The molecule has 0 bridgehead atoms. The predicted octanol–water partition coefficient (Wildman–Crippen LogP) is 2.15. The maximum atomic E-state index is 6.20. The van der Waals surface area contributed by atoms with Gasteiger partial charge in [0.05, 0.1) is 12.7 Å². The molecular formula is C15H28N2O. The minimum atomic E-state index is 0.178. The van der Waals surface area contributed by atoms with Crippen LogP contribution in [0.3, 0.4) is 0 Å². The van der Waals surface area contributed by atoms with Crippen LogP contribution in [-0.2, 0) is 4.74 Å². The summed E-state index contributed by atoms with van der Waals surface area (Å²) in [5, 5.41) is 0. The highest BCUT2D eigenvalue weighted by Crippen LogP contribution is 2.56. The molecule has 3 unspecified atom stereocenters. The third-order valence-corrected chi connectivity index (χ3v) is 6.06. The van der Waals surface area contributed by atoms with Gasteiger partial charge in [-0.2, -0.15) is 0 Å². The average molecular weight is 252 g/mol. The lowest BCUT2D eigenvalue weighted by Crippen LogP contribution is -2.66. The second kappa shape index (κ2) is 4.46. The summed E-state index contributed by atoms with van der Waals surface area (Å²) in [4.78, 5) is 2.73. The summed E-state index contributed by atoms with van der Waals surface area (Å²) in [5.74, 6) is 0. The molecule has 2 saturated carbocycles. The molecule has 0 aromatic rings. The summed E-state index contributed by atoms with van der Waals surface area (Å²) < 4.78 is 6.00. The van der Waals surface area contributed by atoms with Gasteiger partial charge in [0.25, 0.3) is 0 Å². The Kier molecular flexibility index (Phi) is 3.20. The summed E-state index contributed by atoms with van der Waals surface area (Å²) in [6.45, 7) is 7.58. The zero-order valence-electron chi connectivity index (χ0n) is 12.0. The van der Waals surface area contributed by atoms with Crippen molar-refractivity contribution in [2.24, 2.45) is 11.1 Å². The fraction of sp³-hybridized carbons (Fsp3) is 1.00. The molecule has 3 rings (SSSR count). The number of morpholine rings is 1. The van der Waals surface area contributed by atoms with E-state index in [1.54, 1.807) is 0 Å². The van der Waals surface area contributed by atoms with Gasteiger partial charge in [-0.15, -0.1) is 0 Å². The number of fused-ring (bicyclic) bond motifs is 1. The SMILES string of the molecule is CC1(C(C)(CN)N2CCOC3CCCCC32)CC1. The molecule has 1 heterocycles. The second-order valence-electron chi connectivity index (χ2n) is 6.99. The van der Waals surface area contributed by atoms with Gasteiger partial charge in [-0.3, -0.25) is 4.90 Å². The normalized spacial score (nSPS) is 38.8. The number of nitrogens with two attached hydrogens (primary N) is 1. The number of ether oxygens (including phenoxy) is 1. The third kappa shape index (κ3) is 1.83. The minimum Gasteiger partial charge on any atom is -0.375 e. The maximum Gasteiger partial charge on any atom is 0.0731 e. The highest BCUT2D eigenvalue weighted by molar-refractivity contribution is 5.12. The molecule has 0 aromatic carbocycles. The third-order valence-electron chi connectivity index (χ3n) is 6.06. The summed E-state index contributed by atoms with van der Waals surface area (Å²) in [6, 6.07) is 0.624. The van der Waals surface area contributed by atoms with Crippen LogP contribution in [0.15, 0.2) is 0 Å². The van der Waals surface area contributed by atoms with Crippen LogP contribution in [0.1, 0.15) is 52.4 Å². The molecule has 0 spiro atoms. The molecule has 1 aliphatic heterocycles. The largest absolute Gasteiger partial charge is 0.375 e. The Balaban J connectivity index is 1.84. The Labute approximate surface area is 111 Å². The molecule has 1 saturated heterocycles. The fourth-order valence-corrected chi connectivity index (χ4v) is 4.15. The summed E-state index contributed by atoms with van der Waals surface area (Å²) in [7, 11) is 0. The van der Waals surface area contributed by atoms with Gasteiger partial charge in [0, 0.05) is 24.7 Å². The fourth-order valence-electron chi connectivity index (χ4n) is 4.15. The highest BCUT2D eigenvalue weighted by Gasteiger charge is 2.57. The Morgan fingerprint density at radius 2 is 2.06 bits per heavy atom. The van der Waals surface area contributed by atoms with Crippen molar-refractivity contribution in [3.63, 3.8) is 0 Å². The first-order valence-electron chi connectivity index (χ1n) is 7.69. The molecule has 0 radical (unpaired) electrons. The highest BCUT2D eigenvalue weighted by atomic mass is 16.5. The molecular weight excluding hydrogens is 224 g/mol. The molecule has 2 aliphatic carbocycles. The van der Waals surface area contributed by atoms with E-state index in [0.29, 0.717) is 17.6 Å². The Hall–Kier alpha value is -0.120. The predicted molar refractivity (Wildman–Crippen MR) is 73.5 cm³/mol. The van der Waals surface area contributed by atoms with Gasteiger partial charge in [-0.25, -0.2) is 0 Å². The lowest BCUT2D eigenvalue weighted by Gasteiger charge is -2.54. The van der Waals surface area contributed by atoms with Gasteiger partial charge in [0.15, 0.2) is 0 Å². The molecule has 104 valence electrons.